The van der Waals surface area contributed by atoms with Crippen LogP contribution in [0.15, 0.2) is 24.3 Å². The van der Waals surface area contributed by atoms with Gasteiger partial charge in [-0.05, 0) is 23.7 Å². The smallest absolute Gasteiger partial charge is 0.294 e. The van der Waals surface area contributed by atoms with Gasteiger partial charge >= 0.3 is 5.38 Å². The Hall–Kier alpha value is -1.56. The summed E-state index contributed by atoms with van der Waals surface area (Å²) in [5.41, 5.74) is -0.0132. The summed E-state index contributed by atoms with van der Waals surface area (Å²) in [6, 6.07) is 4.75. The lowest BCUT2D eigenvalue weighted by atomic mass is 10.1. The summed E-state index contributed by atoms with van der Waals surface area (Å²) >= 11 is 4.66. The third-order valence-electron chi connectivity index (χ3n) is 2.04. The molecule has 0 spiro atoms. The minimum absolute atomic E-state index is 0.150. The van der Waals surface area contributed by atoms with Gasteiger partial charge in [-0.15, -0.1) is 0 Å². The zero-order valence-electron chi connectivity index (χ0n) is 8.53. The minimum atomic E-state index is -3.41. The second kappa shape index (κ2) is 5.18. The molecule has 92 valence electrons. The van der Waals surface area contributed by atoms with Crippen LogP contribution in [-0.2, 0) is 0 Å². The van der Waals surface area contributed by atoms with Crippen molar-refractivity contribution in [1.29, 1.82) is 0 Å². The molecule has 0 aromatic heterocycles. The van der Waals surface area contributed by atoms with Gasteiger partial charge in [0.25, 0.3) is 5.69 Å². The first-order chi connectivity index (χ1) is 7.79. The van der Waals surface area contributed by atoms with Crippen molar-refractivity contribution in [2.45, 2.75) is 18.2 Å². The lowest BCUT2D eigenvalue weighted by molar-refractivity contribution is -0.384. The number of nitro groups is 1. The number of halogens is 3. The molecule has 0 aliphatic carbocycles. The topological polar surface area (TPSA) is 60.2 Å². The molecule has 1 rings (SSSR count). The first kappa shape index (κ1) is 13.5. The van der Waals surface area contributed by atoms with Crippen LogP contribution in [0.5, 0.6) is 0 Å². The fourth-order valence-corrected chi connectivity index (χ4v) is 1.26. The van der Waals surface area contributed by atoms with Crippen molar-refractivity contribution in [2.24, 2.45) is 0 Å². The van der Waals surface area contributed by atoms with E-state index < -0.39 is 28.9 Å². The molecule has 0 unspecified atom stereocenters. The summed E-state index contributed by atoms with van der Waals surface area (Å²) in [6.45, 7) is 0. The van der Waals surface area contributed by atoms with Gasteiger partial charge < -0.3 is 0 Å². The Kier molecular flexibility index (Phi) is 4.11. The van der Waals surface area contributed by atoms with E-state index in [2.05, 4.69) is 11.6 Å². The Labute approximate surface area is 100 Å². The number of Topliss-reactive ketones (excluding diaryl/α,β-unsaturated/α-hetero) is 1. The highest BCUT2D eigenvalue weighted by Gasteiger charge is 2.25. The Bertz CT molecular complexity index is 428. The number of hydrogen-bond acceptors (Lipinski definition) is 3. The Morgan fingerprint density at radius 3 is 2.29 bits per heavy atom. The maximum atomic E-state index is 12.3. The van der Waals surface area contributed by atoms with E-state index in [0.29, 0.717) is 0 Å². The van der Waals surface area contributed by atoms with Gasteiger partial charge in [-0.2, -0.15) is 8.78 Å². The van der Waals surface area contributed by atoms with Gasteiger partial charge in [0, 0.05) is 30.5 Å². The van der Waals surface area contributed by atoms with Crippen LogP contribution in [0.4, 0.5) is 14.5 Å². The highest BCUT2D eigenvalue weighted by atomic mass is 35.5. The van der Waals surface area contributed by atoms with Gasteiger partial charge in [0.2, 0.25) is 0 Å². The number of ketones is 1. The van der Waals surface area contributed by atoms with Gasteiger partial charge in [-0.1, -0.05) is 0 Å². The van der Waals surface area contributed by atoms with Crippen LogP contribution in [0.2, 0.25) is 0 Å². The number of nitro benzene ring substituents is 1. The molecule has 1 aromatic rings. The summed E-state index contributed by atoms with van der Waals surface area (Å²) in [6.07, 6.45) is -1.17. The molecule has 0 amide bonds. The number of hydrogen-bond donors (Lipinski definition) is 0. The zero-order chi connectivity index (χ0) is 13.1. The summed E-state index contributed by atoms with van der Waals surface area (Å²) in [5.74, 6) is -0.528. The summed E-state index contributed by atoms with van der Waals surface area (Å²) in [5, 5.41) is 6.94. The molecule has 0 saturated carbocycles. The number of carbonyl (C=O) groups excluding carboxylic acids is 1. The van der Waals surface area contributed by atoms with Crippen LogP contribution < -0.4 is 0 Å². The largest absolute Gasteiger partial charge is 0.322 e. The molecule has 0 heterocycles. The van der Waals surface area contributed by atoms with E-state index in [1.807, 2.05) is 0 Å². The van der Waals surface area contributed by atoms with Gasteiger partial charge in [-0.3, -0.25) is 14.9 Å². The van der Waals surface area contributed by atoms with Crippen LogP contribution in [0.1, 0.15) is 23.2 Å². The first-order valence-corrected chi connectivity index (χ1v) is 5.02. The lowest BCUT2D eigenvalue weighted by Crippen LogP contribution is -2.09. The highest BCUT2D eigenvalue weighted by Crippen LogP contribution is 2.25. The van der Waals surface area contributed by atoms with E-state index in [0.717, 1.165) is 12.1 Å². The molecule has 1 aromatic carbocycles. The monoisotopic (exact) mass is 263 g/mol. The molecule has 0 saturated heterocycles. The van der Waals surface area contributed by atoms with Gasteiger partial charge in [0.1, 0.15) is 0 Å². The van der Waals surface area contributed by atoms with Crippen LogP contribution in [0.3, 0.4) is 0 Å². The molecule has 0 radical (unpaired) electrons. The van der Waals surface area contributed by atoms with Crippen LogP contribution >= 0.6 is 11.6 Å². The molecular weight excluding hydrogens is 256 g/mol. The molecule has 0 bridgehead atoms. The van der Waals surface area contributed by atoms with Crippen molar-refractivity contribution >= 4 is 23.1 Å². The van der Waals surface area contributed by atoms with E-state index in [1.54, 1.807) is 0 Å². The van der Waals surface area contributed by atoms with Crippen molar-refractivity contribution in [3.63, 3.8) is 0 Å². The third kappa shape index (κ3) is 4.44. The molecule has 0 atom stereocenters. The predicted octanol–water partition coefficient (Wildman–Crippen LogP) is 3.39. The van der Waals surface area contributed by atoms with Crippen LogP contribution in [-0.4, -0.2) is 16.1 Å². The summed E-state index contributed by atoms with van der Waals surface area (Å²) in [4.78, 5) is 21.1. The molecule has 7 heteroatoms. The van der Waals surface area contributed by atoms with Crippen molar-refractivity contribution < 1.29 is 18.5 Å². The van der Waals surface area contributed by atoms with Gasteiger partial charge in [0.15, 0.2) is 5.78 Å². The first-order valence-electron chi connectivity index (χ1n) is 4.64. The van der Waals surface area contributed by atoms with Gasteiger partial charge in [0.05, 0.1) is 4.92 Å². The molecule has 17 heavy (non-hydrogen) atoms. The molecular formula is C10H8ClF2NO3. The van der Waals surface area contributed by atoms with Crippen molar-refractivity contribution in [3.8, 4) is 0 Å². The Balaban J connectivity index is 2.67. The predicted molar refractivity (Wildman–Crippen MR) is 57.5 cm³/mol. The number of rotatable bonds is 5. The average molecular weight is 264 g/mol. The standard InChI is InChI=1S/C10H8ClF2NO3/c11-10(12,13)6-5-9(15)7-1-3-8(4-2-7)14(16)17/h1-4H,5-6H2. The fraction of sp³-hybridized carbons (Fsp3) is 0.300. The Morgan fingerprint density at radius 2 is 1.88 bits per heavy atom. The maximum Gasteiger partial charge on any atom is 0.322 e. The lowest BCUT2D eigenvalue weighted by Gasteiger charge is -2.06. The minimum Gasteiger partial charge on any atom is -0.294 e. The van der Waals surface area contributed by atoms with Crippen molar-refractivity contribution in [1.82, 2.24) is 0 Å². The second-order valence-corrected chi connectivity index (χ2v) is 3.90. The molecule has 0 aliphatic rings. The zero-order valence-corrected chi connectivity index (χ0v) is 9.29. The summed E-state index contributed by atoms with van der Waals surface area (Å²) in [7, 11) is 0. The quantitative estimate of drug-likeness (QED) is 0.354. The van der Waals surface area contributed by atoms with E-state index in [9.17, 15) is 23.7 Å². The van der Waals surface area contributed by atoms with Crippen LogP contribution in [0.25, 0.3) is 0 Å². The number of benzene rings is 1. The number of nitrogens with zero attached hydrogens (tertiary/aromatic N) is 1. The molecule has 4 nitrogen and oxygen atoms in total. The SMILES string of the molecule is O=C(CCC(F)(F)Cl)c1ccc([N+](=O)[O-])cc1. The van der Waals surface area contributed by atoms with Crippen LogP contribution in [0, 0.1) is 10.1 Å². The molecule has 0 fully saturated rings. The number of carbonyl (C=O) groups is 1. The normalized spacial score (nSPS) is 11.2. The van der Waals surface area contributed by atoms with Crippen molar-refractivity contribution in [3.05, 3.63) is 39.9 Å². The van der Waals surface area contributed by atoms with E-state index in [1.165, 1.54) is 12.1 Å². The van der Waals surface area contributed by atoms with Crippen molar-refractivity contribution in [2.75, 3.05) is 0 Å². The average Bonchev–Trinajstić information content (AvgIpc) is 2.25. The summed E-state index contributed by atoms with van der Waals surface area (Å²) < 4.78 is 24.6. The molecule has 0 N–H and O–H groups in total. The van der Waals surface area contributed by atoms with Gasteiger partial charge in [-0.25, -0.2) is 0 Å². The fourth-order valence-electron chi connectivity index (χ4n) is 1.17. The third-order valence-corrected chi connectivity index (χ3v) is 2.22. The number of non-ortho nitro benzene ring substituents is 1. The Morgan fingerprint density at radius 1 is 1.35 bits per heavy atom. The van der Waals surface area contributed by atoms with E-state index in [-0.39, 0.29) is 11.3 Å². The number of alkyl halides is 3. The maximum absolute atomic E-state index is 12.3. The second-order valence-electron chi connectivity index (χ2n) is 3.34. The van der Waals surface area contributed by atoms with E-state index in [4.69, 9.17) is 0 Å². The highest BCUT2D eigenvalue weighted by molar-refractivity contribution is 6.21. The molecule has 0 aliphatic heterocycles. The van der Waals surface area contributed by atoms with E-state index >= 15 is 0 Å².